The normalized spacial score (nSPS) is 10.8. The Bertz CT molecular complexity index is 914. The van der Waals surface area contributed by atoms with Crippen molar-refractivity contribution in [2.75, 3.05) is 0 Å². The lowest BCUT2D eigenvalue weighted by Gasteiger charge is -2.05. The molecule has 0 aliphatic heterocycles. The summed E-state index contributed by atoms with van der Waals surface area (Å²) >= 11 is 1.51. The average Bonchev–Trinajstić information content (AvgIpc) is 2.86. The molecule has 0 saturated heterocycles. The van der Waals surface area contributed by atoms with E-state index < -0.39 is 0 Å². The van der Waals surface area contributed by atoms with Gasteiger partial charge in [0.05, 0.1) is 12.1 Å². The summed E-state index contributed by atoms with van der Waals surface area (Å²) in [7, 11) is 0. The van der Waals surface area contributed by atoms with Crippen LogP contribution in [0.2, 0.25) is 0 Å². The van der Waals surface area contributed by atoms with Crippen LogP contribution < -0.4 is 10.9 Å². The smallest absolute Gasteiger partial charge is 0.253 e. The van der Waals surface area contributed by atoms with E-state index in [2.05, 4.69) is 10.3 Å². The number of amides is 1. The minimum Gasteiger partial charge on any atom is -0.347 e. The van der Waals surface area contributed by atoms with Crippen molar-refractivity contribution in [1.29, 1.82) is 0 Å². The molecule has 1 aromatic carbocycles. The highest BCUT2D eigenvalue weighted by Crippen LogP contribution is 2.26. The molecule has 2 aromatic heterocycles. The summed E-state index contributed by atoms with van der Waals surface area (Å²) in [6.45, 7) is 2.07. The highest BCUT2D eigenvalue weighted by molar-refractivity contribution is 7.19. The van der Waals surface area contributed by atoms with E-state index in [-0.39, 0.29) is 17.3 Å². The van der Waals surface area contributed by atoms with Crippen LogP contribution in [0.1, 0.15) is 20.8 Å². The maximum Gasteiger partial charge on any atom is 0.253 e. The monoisotopic (exact) mass is 316 g/mol. The highest BCUT2D eigenvalue weighted by Gasteiger charge is 2.10. The molecule has 6 heteroatoms. The van der Waals surface area contributed by atoms with Crippen LogP contribution in [0.3, 0.4) is 0 Å². The van der Waals surface area contributed by atoms with Crippen LogP contribution in [0.5, 0.6) is 0 Å². The molecule has 0 bridgehead atoms. The van der Waals surface area contributed by atoms with Gasteiger partial charge < -0.3 is 10.3 Å². The predicted molar refractivity (Wildman–Crippen MR) is 84.8 cm³/mol. The highest BCUT2D eigenvalue weighted by atomic mass is 32.1. The zero-order valence-corrected chi connectivity index (χ0v) is 12.6. The van der Waals surface area contributed by atoms with Crippen molar-refractivity contribution in [3.05, 3.63) is 68.7 Å². The van der Waals surface area contributed by atoms with E-state index in [0.717, 1.165) is 15.0 Å². The van der Waals surface area contributed by atoms with Crippen molar-refractivity contribution in [2.45, 2.75) is 13.5 Å². The third-order valence-electron chi connectivity index (χ3n) is 3.33. The van der Waals surface area contributed by atoms with Gasteiger partial charge in [-0.15, -0.1) is 11.3 Å². The minimum atomic E-state index is -0.273. The lowest BCUT2D eigenvalue weighted by atomic mass is 10.1. The maximum absolute atomic E-state index is 13.2. The molecule has 22 heavy (non-hydrogen) atoms. The largest absolute Gasteiger partial charge is 0.347 e. The Morgan fingerprint density at radius 1 is 1.32 bits per heavy atom. The summed E-state index contributed by atoms with van der Waals surface area (Å²) in [5.74, 6) is -0.526. The van der Waals surface area contributed by atoms with Crippen molar-refractivity contribution in [1.82, 2.24) is 10.3 Å². The lowest BCUT2D eigenvalue weighted by molar-refractivity contribution is 0.0950. The summed E-state index contributed by atoms with van der Waals surface area (Å²) in [6, 6.07) is 7.88. The number of aromatic nitrogens is 1. The van der Waals surface area contributed by atoms with Gasteiger partial charge in [0.1, 0.15) is 5.82 Å². The van der Waals surface area contributed by atoms with Gasteiger partial charge in [0.2, 0.25) is 5.56 Å². The summed E-state index contributed by atoms with van der Waals surface area (Å²) in [4.78, 5) is 26.7. The molecule has 0 saturated carbocycles. The van der Waals surface area contributed by atoms with Gasteiger partial charge in [-0.2, -0.15) is 0 Å². The molecule has 0 atom stereocenters. The molecule has 2 N–H and O–H groups in total. The zero-order valence-electron chi connectivity index (χ0n) is 11.8. The van der Waals surface area contributed by atoms with Gasteiger partial charge in [-0.25, -0.2) is 4.39 Å². The molecule has 0 radical (unpaired) electrons. The van der Waals surface area contributed by atoms with E-state index in [4.69, 9.17) is 0 Å². The maximum atomic E-state index is 13.2. The number of aryl methyl sites for hydroxylation is 1. The molecule has 2 heterocycles. The second-order valence-corrected chi connectivity index (χ2v) is 6.14. The number of nitrogens with one attached hydrogen (secondary N) is 2. The number of carbonyl (C=O) groups excluding carboxylic acids is 1. The molecule has 0 fully saturated rings. The van der Waals surface area contributed by atoms with Gasteiger partial charge in [-0.1, -0.05) is 0 Å². The fraction of sp³-hybridized carbons (Fsp3) is 0.125. The summed E-state index contributed by atoms with van der Waals surface area (Å²) in [5.41, 5.74) is 0.826. The first-order valence-electron chi connectivity index (χ1n) is 6.68. The van der Waals surface area contributed by atoms with Crippen LogP contribution >= 0.6 is 11.3 Å². The van der Waals surface area contributed by atoms with Crippen LogP contribution in [0.25, 0.3) is 10.1 Å². The third-order valence-corrected chi connectivity index (χ3v) is 4.44. The number of fused-ring (bicyclic) bond motifs is 1. The summed E-state index contributed by atoms with van der Waals surface area (Å²) in [6.07, 6.45) is 1.41. The van der Waals surface area contributed by atoms with E-state index in [9.17, 15) is 14.0 Å². The quantitative estimate of drug-likeness (QED) is 0.780. The topological polar surface area (TPSA) is 62.0 Å². The second kappa shape index (κ2) is 5.73. The van der Waals surface area contributed by atoms with Crippen molar-refractivity contribution >= 4 is 27.3 Å². The second-order valence-electron chi connectivity index (χ2n) is 4.97. The number of rotatable bonds is 3. The Balaban J connectivity index is 1.75. The van der Waals surface area contributed by atoms with Crippen molar-refractivity contribution in [3.63, 3.8) is 0 Å². The predicted octanol–water partition coefficient (Wildman–Crippen LogP) is 2.97. The van der Waals surface area contributed by atoms with Gasteiger partial charge in [0.25, 0.3) is 5.91 Å². The van der Waals surface area contributed by atoms with Gasteiger partial charge in [0.15, 0.2) is 0 Å². The Kier molecular flexibility index (Phi) is 3.77. The molecular formula is C16H13FN2O2S. The molecule has 3 rings (SSSR count). The molecular weight excluding hydrogens is 303 g/mol. The zero-order chi connectivity index (χ0) is 15.7. The number of halogens is 1. The number of aromatic amines is 1. The standard InChI is InChI=1S/C16H13FN2O2S/c1-9-4-15(20)18-8-13(9)16(21)19-7-12-6-10-5-11(17)2-3-14(10)22-12/h2-6,8H,7H2,1H3,(H,18,20)(H,19,21). The van der Waals surface area contributed by atoms with Crippen LogP contribution in [0.4, 0.5) is 4.39 Å². The SMILES string of the molecule is Cc1cc(=O)[nH]cc1C(=O)NCc1cc2cc(F)ccc2s1. The molecule has 4 nitrogen and oxygen atoms in total. The third kappa shape index (κ3) is 2.92. The van der Waals surface area contributed by atoms with Crippen LogP contribution in [-0.4, -0.2) is 10.9 Å². The summed E-state index contributed by atoms with van der Waals surface area (Å²) < 4.78 is 14.1. The van der Waals surface area contributed by atoms with Crippen LogP contribution in [0.15, 0.2) is 41.3 Å². The van der Waals surface area contributed by atoms with E-state index in [1.807, 2.05) is 6.07 Å². The van der Waals surface area contributed by atoms with E-state index in [1.165, 1.54) is 35.7 Å². The van der Waals surface area contributed by atoms with E-state index >= 15 is 0 Å². The van der Waals surface area contributed by atoms with Gasteiger partial charge >= 0.3 is 0 Å². The molecule has 1 amide bonds. The number of pyridine rings is 1. The van der Waals surface area contributed by atoms with E-state index in [0.29, 0.717) is 17.7 Å². The Morgan fingerprint density at radius 2 is 2.14 bits per heavy atom. The molecule has 0 unspecified atom stereocenters. The fourth-order valence-corrected chi connectivity index (χ4v) is 3.22. The average molecular weight is 316 g/mol. The Morgan fingerprint density at radius 3 is 2.91 bits per heavy atom. The first-order valence-corrected chi connectivity index (χ1v) is 7.50. The fourth-order valence-electron chi connectivity index (χ4n) is 2.24. The number of carbonyl (C=O) groups is 1. The van der Waals surface area contributed by atoms with Gasteiger partial charge in [-0.05, 0) is 42.1 Å². The van der Waals surface area contributed by atoms with Crippen LogP contribution in [0, 0.1) is 12.7 Å². The first-order chi connectivity index (χ1) is 10.5. The van der Waals surface area contributed by atoms with Crippen molar-refractivity contribution in [2.24, 2.45) is 0 Å². The number of H-pyrrole nitrogens is 1. The molecule has 0 aliphatic rings. The molecule has 112 valence electrons. The first kappa shape index (κ1) is 14.5. The summed E-state index contributed by atoms with van der Waals surface area (Å²) in [5, 5.41) is 3.64. The Labute approximate surface area is 129 Å². The molecule has 0 aliphatic carbocycles. The van der Waals surface area contributed by atoms with Crippen LogP contribution in [-0.2, 0) is 6.54 Å². The number of thiophene rings is 1. The molecule has 3 aromatic rings. The van der Waals surface area contributed by atoms with Gasteiger partial charge in [0, 0.05) is 21.8 Å². The number of hydrogen-bond donors (Lipinski definition) is 2. The minimum absolute atomic E-state index is 0.236. The van der Waals surface area contributed by atoms with E-state index in [1.54, 1.807) is 13.0 Å². The van der Waals surface area contributed by atoms with Crippen molar-refractivity contribution in [3.8, 4) is 0 Å². The number of benzene rings is 1. The Hall–Kier alpha value is -2.47. The van der Waals surface area contributed by atoms with Crippen molar-refractivity contribution < 1.29 is 9.18 Å². The lowest BCUT2D eigenvalue weighted by Crippen LogP contribution is -2.24. The van der Waals surface area contributed by atoms with Gasteiger partial charge in [-0.3, -0.25) is 9.59 Å². The molecule has 0 spiro atoms. The number of hydrogen-bond acceptors (Lipinski definition) is 3.